The summed E-state index contributed by atoms with van der Waals surface area (Å²) in [5.41, 5.74) is 6.00. The first-order valence-corrected chi connectivity index (χ1v) is 8.05. The minimum Gasteiger partial charge on any atom is -0.320 e. The second-order valence-corrected chi connectivity index (χ2v) is 7.43. The third-order valence-corrected chi connectivity index (χ3v) is 5.13. The van der Waals surface area contributed by atoms with Gasteiger partial charge in [0.2, 0.25) is 0 Å². The molecule has 8 heteroatoms. The van der Waals surface area contributed by atoms with E-state index in [1.54, 1.807) is 0 Å². The quantitative estimate of drug-likeness (QED) is 0.867. The van der Waals surface area contributed by atoms with Crippen molar-refractivity contribution in [2.75, 3.05) is 0 Å². The van der Waals surface area contributed by atoms with Gasteiger partial charge in [0.25, 0.3) is 5.91 Å². The van der Waals surface area contributed by atoms with Crippen molar-refractivity contribution in [3.63, 3.8) is 0 Å². The van der Waals surface area contributed by atoms with Gasteiger partial charge in [0.05, 0.1) is 11.6 Å². The lowest BCUT2D eigenvalue weighted by atomic mass is 10.0. The van der Waals surface area contributed by atoms with E-state index in [1.165, 1.54) is 11.4 Å². The van der Waals surface area contributed by atoms with Crippen LogP contribution in [0, 0.1) is 17.2 Å². The Balaban J connectivity index is 2.99. The number of carbonyl (C=O) groups excluding carboxylic acids is 1. The molecule has 0 saturated heterocycles. The Labute approximate surface area is 116 Å². The van der Waals surface area contributed by atoms with Crippen LogP contribution in [0.1, 0.15) is 25.8 Å². The van der Waals surface area contributed by atoms with E-state index < -0.39 is 21.9 Å². The van der Waals surface area contributed by atoms with Crippen molar-refractivity contribution in [3.05, 3.63) is 17.0 Å². The lowest BCUT2D eigenvalue weighted by molar-refractivity contribution is -0.119. The van der Waals surface area contributed by atoms with E-state index in [1.807, 2.05) is 19.9 Å². The van der Waals surface area contributed by atoms with Gasteiger partial charge < -0.3 is 5.73 Å². The van der Waals surface area contributed by atoms with Crippen LogP contribution in [0.5, 0.6) is 0 Å². The third kappa shape index (κ3) is 4.40. The van der Waals surface area contributed by atoms with Gasteiger partial charge >= 0.3 is 0 Å². The maximum atomic E-state index is 12.2. The largest absolute Gasteiger partial charge is 0.320 e. The van der Waals surface area contributed by atoms with Crippen molar-refractivity contribution >= 4 is 27.2 Å². The fourth-order valence-corrected chi connectivity index (χ4v) is 3.54. The summed E-state index contributed by atoms with van der Waals surface area (Å²) in [6.45, 7) is 3.84. The van der Waals surface area contributed by atoms with Gasteiger partial charge in [-0.3, -0.25) is 4.79 Å². The Hall–Kier alpha value is -1.27. The molecule has 0 radical (unpaired) electrons. The highest BCUT2D eigenvalue weighted by Crippen LogP contribution is 2.20. The van der Waals surface area contributed by atoms with E-state index >= 15 is 0 Å². The highest BCUT2D eigenvalue weighted by atomic mass is 32.2. The molecule has 0 aliphatic heterocycles. The maximum Gasteiger partial charge on any atom is 0.271 e. The van der Waals surface area contributed by atoms with Crippen molar-refractivity contribution in [3.8, 4) is 6.07 Å². The van der Waals surface area contributed by atoms with Crippen LogP contribution in [-0.2, 0) is 14.7 Å². The number of hydrogen-bond acceptors (Lipinski definition) is 5. The van der Waals surface area contributed by atoms with Crippen molar-refractivity contribution in [1.82, 2.24) is 0 Å². The van der Waals surface area contributed by atoms with Gasteiger partial charge in [0.1, 0.15) is 10.3 Å². The van der Waals surface area contributed by atoms with Gasteiger partial charge in [-0.1, -0.05) is 13.8 Å². The Morgan fingerprint density at radius 1 is 1.63 bits per heavy atom. The van der Waals surface area contributed by atoms with E-state index in [4.69, 9.17) is 16.1 Å². The minimum absolute atomic E-state index is 0.203. The van der Waals surface area contributed by atoms with Crippen molar-refractivity contribution in [2.45, 2.75) is 30.5 Å². The summed E-state index contributed by atoms with van der Waals surface area (Å²) < 4.78 is 15.9. The van der Waals surface area contributed by atoms with Gasteiger partial charge in [-0.2, -0.15) is 5.26 Å². The molecule has 19 heavy (non-hydrogen) atoms. The molecule has 0 bridgehead atoms. The zero-order valence-electron chi connectivity index (χ0n) is 10.7. The molecule has 0 fully saturated rings. The van der Waals surface area contributed by atoms with Crippen molar-refractivity contribution < 1.29 is 9.00 Å². The van der Waals surface area contributed by atoms with Crippen LogP contribution in [0.25, 0.3) is 0 Å². The van der Waals surface area contributed by atoms with Gasteiger partial charge in [-0.25, -0.2) is 9.35 Å². The normalized spacial score (nSPS) is 15.6. The Morgan fingerprint density at radius 2 is 2.26 bits per heavy atom. The van der Waals surface area contributed by atoms with Crippen LogP contribution in [0.2, 0.25) is 0 Å². The lowest BCUT2D eigenvalue weighted by Gasteiger charge is -2.10. The van der Waals surface area contributed by atoms with Crippen LogP contribution in [-0.4, -0.2) is 16.2 Å². The number of rotatable bonds is 4. The van der Waals surface area contributed by atoms with Gasteiger partial charge in [-0.05, 0) is 18.4 Å². The molecule has 2 atom stereocenters. The van der Waals surface area contributed by atoms with Crippen LogP contribution >= 0.6 is 11.3 Å². The lowest BCUT2D eigenvalue weighted by Crippen LogP contribution is -2.32. The average Bonchev–Trinajstić information content (AvgIpc) is 2.76. The second kappa shape index (κ2) is 6.25. The van der Waals surface area contributed by atoms with E-state index in [9.17, 15) is 9.00 Å². The fourth-order valence-electron chi connectivity index (χ4n) is 1.38. The third-order valence-electron chi connectivity index (χ3n) is 2.26. The van der Waals surface area contributed by atoms with Crippen LogP contribution in [0.4, 0.5) is 0 Å². The molecular formula is C11H16N4O2S2. The molecule has 0 aliphatic rings. The number of carbonyl (C=O) groups is 1. The number of hydrogen-bond donors (Lipinski definition) is 2. The summed E-state index contributed by atoms with van der Waals surface area (Å²) >= 11 is 1.04. The number of amides is 1. The molecule has 0 spiro atoms. The Morgan fingerprint density at radius 3 is 2.74 bits per heavy atom. The summed E-state index contributed by atoms with van der Waals surface area (Å²) in [4.78, 5) is 11.7. The molecule has 0 saturated carbocycles. The monoisotopic (exact) mass is 300 g/mol. The topological polar surface area (TPSA) is 122 Å². The van der Waals surface area contributed by atoms with E-state index in [0.29, 0.717) is 12.0 Å². The van der Waals surface area contributed by atoms with Crippen LogP contribution < -0.4 is 10.9 Å². The second-order valence-electron chi connectivity index (χ2n) is 4.50. The fraction of sp³-hybridized carbons (Fsp3) is 0.455. The predicted molar refractivity (Wildman–Crippen MR) is 74.5 cm³/mol. The first-order valence-electron chi connectivity index (χ1n) is 5.59. The molecule has 1 rings (SSSR count). The zero-order valence-corrected chi connectivity index (χ0v) is 12.3. The van der Waals surface area contributed by atoms with Crippen LogP contribution in [0.3, 0.4) is 0 Å². The average molecular weight is 300 g/mol. The summed E-state index contributed by atoms with van der Waals surface area (Å²) in [6, 6.07) is 2.47. The van der Waals surface area contributed by atoms with Crippen molar-refractivity contribution in [1.29, 1.82) is 5.26 Å². The van der Waals surface area contributed by atoms with Gasteiger partial charge in [0.15, 0.2) is 9.92 Å². The van der Waals surface area contributed by atoms with E-state index in [0.717, 1.165) is 11.3 Å². The molecule has 0 aliphatic carbocycles. The Bertz CT molecular complexity index is 621. The number of thiophene rings is 1. The summed E-state index contributed by atoms with van der Waals surface area (Å²) in [7, 11) is -3.32. The van der Waals surface area contributed by atoms with Crippen molar-refractivity contribution in [2.24, 2.45) is 21.2 Å². The number of nitrogens with zero attached hydrogens (tertiary/aromatic N) is 2. The van der Waals surface area contributed by atoms with E-state index in [-0.39, 0.29) is 10.1 Å². The maximum absolute atomic E-state index is 12.2. The zero-order chi connectivity index (χ0) is 14.6. The molecule has 1 heterocycles. The summed E-state index contributed by atoms with van der Waals surface area (Å²) in [5.74, 6) is -0.442. The smallest absolute Gasteiger partial charge is 0.271 e. The van der Waals surface area contributed by atoms with Crippen LogP contribution in [0.15, 0.2) is 20.0 Å². The molecule has 1 aromatic heterocycles. The highest BCUT2D eigenvalue weighted by molar-refractivity contribution is 7.93. The van der Waals surface area contributed by atoms with Gasteiger partial charge in [-0.15, -0.1) is 15.7 Å². The first kappa shape index (κ1) is 15.8. The SMILES string of the molecule is CC(C)C[C@H](N)C(=O)N=S(N)(=O)c1cc(C#N)cs1. The molecule has 1 aromatic rings. The first-order chi connectivity index (χ1) is 8.76. The Kier molecular flexibility index (Phi) is 5.20. The molecule has 4 N–H and O–H groups in total. The minimum atomic E-state index is -3.32. The molecule has 6 nitrogen and oxygen atoms in total. The predicted octanol–water partition coefficient (Wildman–Crippen LogP) is 1.22. The van der Waals surface area contributed by atoms with E-state index in [2.05, 4.69) is 4.36 Å². The molecule has 104 valence electrons. The molecule has 1 unspecified atom stereocenters. The molecule has 0 aromatic carbocycles. The van der Waals surface area contributed by atoms with Gasteiger partial charge in [0, 0.05) is 5.38 Å². The number of nitriles is 1. The number of nitrogens with two attached hydrogens (primary N) is 2. The standard InChI is InChI=1S/C11H16N4O2S2/c1-7(2)3-9(13)11(16)15-19(14,17)10-4-8(5-12)6-18-10/h4,6-7,9H,3,13H2,1-2H3,(H2,14,15,16,17)/t9-,19?/m0/s1. The molecule has 1 amide bonds. The summed E-state index contributed by atoms with van der Waals surface area (Å²) in [6.07, 6.45) is 0.450. The molecular weight excluding hydrogens is 284 g/mol. The summed E-state index contributed by atoms with van der Waals surface area (Å²) in [5, 5.41) is 15.8. The highest BCUT2D eigenvalue weighted by Gasteiger charge is 2.18.